The van der Waals surface area contributed by atoms with Gasteiger partial charge in [0.2, 0.25) is 0 Å². The van der Waals surface area contributed by atoms with E-state index in [1.54, 1.807) is 0 Å². The van der Waals surface area contributed by atoms with Gasteiger partial charge in [0.05, 0.1) is 16.6 Å². The third-order valence-electron chi connectivity index (χ3n) is 3.22. The van der Waals surface area contributed by atoms with Crippen molar-refractivity contribution in [2.24, 2.45) is 5.92 Å². The number of aryl methyl sites for hydroxylation is 3. The molecule has 0 saturated heterocycles. The van der Waals surface area contributed by atoms with Crippen LogP contribution in [0.15, 0.2) is 6.07 Å². The first-order valence-electron chi connectivity index (χ1n) is 7.07. The van der Waals surface area contributed by atoms with Crippen molar-refractivity contribution in [3.05, 3.63) is 23.0 Å². The molecule has 2 aromatic heterocycles. The topological polar surface area (TPSA) is 59.8 Å². The summed E-state index contributed by atoms with van der Waals surface area (Å²) in [6.07, 6.45) is 0. The second kappa shape index (κ2) is 5.61. The van der Waals surface area contributed by atoms with E-state index in [2.05, 4.69) is 29.2 Å². The number of fused-ring (bicyclic) bond motifs is 1. The summed E-state index contributed by atoms with van der Waals surface area (Å²) in [6.45, 7) is 11.4. The van der Waals surface area contributed by atoms with E-state index in [-0.39, 0.29) is 5.91 Å². The van der Waals surface area contributed by atoms with Gasteiger partial charge in [0, 0.05) is 18.8 Å². The largest absolute Gasteiger partial charge is 0.352 e. The van der Waals surface area contributed by atoms with E-state index in [0.717, 1.165) is 29.0 Å². The molecule has 5 heteroatoms. The predicted molar refractivity (Wildman–Crippen MR) is 79.8 cm³/mol. The molecular weight excluding hydrogens is 252 g/mol. The average Bonchev–Trinajstić information content (AvgIpc) is 2.71. The van der Waals surface area contributed by atoms with E-state index in [1.165, 1.54) is 0 Å². The van der Waals surface area contributed by atoms with E-state index in [1.807, 2.05) is 31.5 Å². The lowest BCUT2D eigenvalue weighted by Crippen LogP contribution is -2.27. The van der Waals surface area contributed by atoms with Crippen LogP contribution in [0.4, 0.5) is 0 Å². The summed E-state index contributed by atoms with van der Waals surface area (Å²) in [4.78, 5) is 16.9. The van der Waals surface area contributed by atoms with E-state index in [0.29, 0.717) is 18.0 Å². The fourth-order valence-corrected chi connectivity index (χ4v) is 2.27. The number of amides is 1. The molecule has 0 atom stereocenters. The highest BCUT2D eigenvalue weighted by molar-refractivity contribution is 6.06. The maximum Gasteiger partial charge on any atom is 0.252 e. The fraction of sp³-hybridized carbons (Fsp3) is 0.533. The molecule has 0 aliphatic heterocycles. The molecular formula is C15H22N4O. The maximum absolute atomic E-state index is 12.4. The third-order valence-corrected chi connectivity index (χ3v) is 3.22. The number of nitrogens with zero attached hydrogens (tertiary/aromatic N) is 3. The number of aromatic nitrogens is 3. The Balaban J connectivity index is 2.52. The third kappa shape index (κ3) is 2.66. The maximum atomic E-state index is 12.4. The Morgan fingerprint density at radius 1 is 1.40 bits per heavy atom. The van der Waals surface area contributed by atoms with Crippen LogP contribution in [0.1, 0.15) is 42.5 Å². The fourth-order valence-electron chi connectivity index (χ4n) is 2.27. The Morgan fingerprint density at radius 3 is 2.70 bits per heavy atom. The lowest BCUT2D eigenvalue weighted by molar-refractivity contribution is 0.0950. The first kappa shape index (κ1) is 14.5. The lowest BCUT2D eigenvalue weighted by Gasteiger charge is -2.09. The monoisotopic (exact) mass is 274 g/mol. The normalized spacial score (nSPS) is 11.3. The molecule has 5 nitrogen and oxygen atoms in total. The highest BCUT2D eigenvalue weighted by Gasteiger charge is 2.18. The van der Waals surface area contributed by atoms with Gasteiger partial charge in [0.1, 0.15) is 0 Å². The van der Waals surface area contributed by atoms with Crippen LogP contribution in [-0.2, 0) is 6.54 Å². The highest BCUT2D eigenvalue weighted by atomic mass is 16.1. The van der Waals surface area contributed by atoms with Gasteiger partial charge in [-0.25, -0.2) is 9.67 Å². The number of nitrogens with one attached hydrogen (secondary N) is 1. The molecule has 0 fully saturated rings. The Morgan fingerprint density at radius 2 is 2.10 bits per heavy atom. The SMILES string of the molecule is CCn1nc(C)c2c(C(=O)NCC(C)C)cc(C)nc21. The van der Waals surface area contributed by atoms with Gasteiger partial charge in [-0.3, -0.25) is 4.79 Å². The van der Waals surface area contributed by atoms with Crippen LogP contribution in [0.25, 0.3) is 11.0 Å². The predicted octanol–water partition coefficient (Wildman–Crippen LogP) is 2.45. The molecule has 108 valence electrons. The minimum Gasteiger partial charge on any atom is -0.352 e. The smallest absolute Gasteiger partial charge is 0.252 e. The molecule has 0 unspecified atom stereocenters. The molecule has 20 heavy (non-hydrogen) atoms. The summed E-state index contributed by atoms with van der Waals surface area (Å²) in [5.41, 5.74) is 3.15. The number of carbonyl (C=O) groups excluding carboxylic acids is 1. The molecule has 1 N–H and O–H groups in total. The lowest BCUT2D eigenvalue weighted by atomic mass is 10.1. The Bertz CT molecular complexity index is 643. The standard InChI is InChI=1S/C15H22N4O/c1-6-19-14-13(11(5)18-19)12(7-10(4)17-14)15(20)16-8-9(2)3/h7,9H,6,8H2,1-5H3,(H,16,20). The van der Waals surface area contributed by atoms with Crippen molar-refractivity contribution in [3.63, 3.8) is 0 Å². The van der Waals surface area contributed by atoms with Crippen molar-refractivity contribution in [1.29, 1.82) is 0 Å². The average molecular weight is 274 g/mol. The summed E-state index contributed by atoms with van der Waals surface area (Å²) < 4.78 is 1.84. The van der Waals surface area contributed by atoms with Crippen LogP contribution >= 0.6 is 0 Å². The molecule has 2 rings (SSSR count). The Kier molecular flexibility index (Phi) is 4.06. The van der Waals surface area contributed by atoms with Crippen LogP contribution in [0, 0.1) is 19.8 Å². The van der Waals surface area contributed by atoms with Crippen molar-refractivity contribution in [3.8, 4) is 0 Å². The second-order valence-corrected chi connectivity index (χ2v) is 5.51. The van der Waals surface area contributed by atoms with Gasteiger partial charge in [0.15, 0.2) is 5.65 Å². The summed E-state index contributed by atoms with van der Waals surface area (Å²) in [5, 5.41) is 8.29. The summed E-state index contributed by atoms with van der Waals surface area (Å²) >= 11 is 0. The number of hydrogen-bond acceptors (Lipinski definition) is 3. The van der Waals surface area contributed by atoms with Gasteiger partial charge in [0.25, 0.3) is 5.91 Å². The summed E-state index contributed by atoms with van der Waals surface area (Å²) in [6, 6.07) is 1.84. The van der Waals surface area contributed by atoms with E-state index >= 15 is 0 Å². The van der Waals surface area contributed by atoms with Crippen LogP contribution in [0.5, 0.6) is 0 Å². The molecule has 2 heterocycles. The van der Waals surface area contributed by atoms with Gasteiger partial charge < -0.3 is 5.32 Å². The van der Waals surface area contributed by atoms with Gasteiger partial charge in [-0.05, 0) is 32.8 Å². The van der Waals surface area contributed by atoms with Crippen LogP contribution in [0.3, 0.4) is 0 Å². The molecule has 2 aromatic rings. The van der Waals surface area contributed by atoms with Crippen LogP contribution in [0.2, 0.25) is 0 Å². The zero-order valence-electron chi connectivity index (χ0n) is 12.8. The van der Waals surface area contributed by atoms with Crippen molar-refractivity contribution < 1.29 is 4.79 Å². The molecule has 0 saturated carbocycles. The van der Waals surface area contributed by atoms with Gasteiger partial charge >= 0.3 is 0 Å². The second-order valence-electron chi connectivity index (χ2n) is 5.51. The van der Waals surface area contributed by atoms with E-state index in [4.69, 9.17) is 0 Å². The number of rotatable bonds is 4. The summed E-state index contributed by atoms with van der Waals surface area (Å²) in [7, 11) is 0. The van der Waals surface area contributed by atoms with E-state index in [9.17, 15) is 4.79 Å². The van der Waals surface area contributed by atoms with Gasteiger partial charge in [-0.2, -0.15) is 5.10 Å². The molecule has 0 aliphatic carbocycles. The van der Waals surface area contributed by atoms with Crippen LogP contribution in [-0.4, -0.2) is 27.2 Å². The molecule has 0 aliphatic rings. The minimum atomic E-state index is -0.0482. The molecule has 0 aromatic carbocycles. The van der Waals surface area contributed by atoms with Gasteiger partial charge in [-0.1, -0.05) is 13.8 Å². The first-order valence-corrected chi connectivity index (χ1v) is 7.07. The van der Waals surface area contributed by atoms with Crippen molar-refractivity contribution in [1.82, 2.24) is 20.1 Å². The zero-order chi connectivity index (χ0) is 14.9. The van der Waals surface area contributed by atoms with Crippen LogP contribution < -0.4 is 5.32 Å². The number of carbonyl (C=O) groups is 1. The molecule has 0 radical (unpaired) electrons. The number of hydrogen-bond donors (Lipinski definition) is 1. The zero-order valence-corrected chi connectivity index (χ0v) is 12.8. The molecule has 1 amide bonds. The van der Waals surface area contributed by atoms with Gasteiger partial charge in [-0.15, -0.1) is 0 Å². The van der Waals surface area contributed by atoms with Crippen molar-refractivity contribution in [2.45, 2.75) is 41.2 Å². The first-order chi connectivity index (χ1) is 9.43. The van der Waals surface area contributed by atoms with Crippen molar-refractivity contribution >= 4 is 16.9 Å². The highest BCUT2D eigenvalue weighted by Crippen LogP contribution is 2.22. The Hall–Kier alpha value is -1.91. The number of pyridine rings is 1. The molecule has 0 spiro atoms. The summed E-state index contributed by atoms with van der Waals surface area (Å²) in [5.74, 6) is 0.379. The molecule has 0 bridgehead atoms. The Labute approximate surface area is 119 Å². The quantitative estimate of drug-likeness (QED) is 0.931. The minimum absolute atomic E-state index is 0.0482. The van der Waals surface area contributed by atoms with E-state index < -0.39 is 0 Å². The van der Waals surface area contributed by atoms with Crippen molar-refractivity contribution in [2.75, 3.05) is 6.54 Å².